The molecule has 7 rings (SSSR count). The maximum Gasteiger partial charge on any atom is 0.281 e. The van der Waals surface area contributed by atoms with Crippen LogP contribution in [0, 0.1) is 17.8 Å². The molecule has 3 N–H and O–H groups in total. The van der Waals surface area contributed by atoms with Crippen LogP contribution in [0.1, 0.15) is 51.7 Å². The number of piperazine rings is 1. The van der Waals surface area contributed by atoms with Gasteiger partial charge in [0.05, 0.1) is 5.92 Å². The first-order valence-electron chi connectivity index (χ1n) is 14.9. The number of hydrogen-bond donors (Lipinski definition) is 3. The van der Waals surface area contributed by atoms with Crippen LogP contribution in [-0.4, -0.2) is 92.4 Å². The third-order valence-corrected chi connectivity index (χ3v) is 10.1. The van der Waals surface area contributed by atoms with E-state index >= 15 is 0 Å². The monoisotopic (exact) mass is 561 g/mol. The standard InChI is InChI=1S/C31H39N5O5/c1-16(2)26-28(38)35-11-7-10-24(35)31(40)36(26)29(39)30(41-31,17(3)4)33-27(37)19-12-21-20-8-6-9-22-25(20)18(14-32-22)13-23(21)34(5)15-19/h6,8-9,12,14,16-17,19,23-24,26,32,40H,7,10-11,13,15H2,1-5H3,(H,33,37)/t19-,23+,24+,26-,30-,31+/m0/s1. The van der Waals surface area contributed by atoms with E-state index in [4.69, 9.17) is 4.74 Å². The number of rotatable bonds is 4. The predicted octanol–water partition coefficient (Wildman–Crippen LogP) is 2.04. The van der Waals surface area contributed by atoms with Crippen LogP contribution in [0.2, 0.25) is 0 Å². The van der Waals surface area contributed by atoms with E-state index in [-0.39, 0.29) is 23.8 Å². The smallest absolute Gasteiger partial charge is 0.281 e. The van der Waals surface area contributed by atoms with Crippen molar-refractivity contribution in [3.05, 3.63) is 41.6 Å². The van der Waals surface area contributed by atoms with Crippen LogP contribution >= 0.6 is 0 Å². The number of nitrogens with zero attached hydrogens (tertiary/aromatic N) is 3. The highest BCUT2D eigenvalue weighted by Gasteiger charge is 2.72. The van der Waals surface area contributed by atoms with E-state index in [9.17, 15) is 19.5 Å². The van der Waals surface area contributed by atoms with E-state index in [2.05, 4.69) is 33.5 Å². The molecule has 3 saturated heterocycles. The van der Waals surface area contributed by atoms with Crippen molar-refractivity contribution in [2.75, 3.05) is 20.1 Å². The third-order valence-electron chi connectivity index (χ3n) is 10.1. The van der Waals surface area contributed by atoms with Gasteiger partial charge in [-0.2, -0.15) is 0 Å². The first-order chi connectivity index (χ1) is 19.5. The van der Waals surface area contributed by atoms with E-state index in [0.717, 1.165) is 23.1 Å². The van der Waals surface area contributed by atoms with Gasteiger partial charge in [0.1, 0.15) is 12.1 Å². The quantitative estimate of drug-likeness (QED) is 0.526. The van der Waals surface area contributed by atoms with Crippen molar-refractivity contribution >= 4 is 34.2 Å². The first-order valence-corrected chi connectivity index (χ1v) is 14.9. The highest BCUT2D eigenvalue weighted by atomic mass is 16.7. The molecule has 3 fully saturated rings. The molecule has 0 bridgehead atoms. The average molecular weight is 562 g/mol. The van der Waals surface area contributed by atoms with Crippen molar-refractivity contribution < 1.29 is 24.2 Å². The number of nitrogens with one attached hydrogen (secondary N) is 2. The van der Waals surface area contributed by atoms with Gasteiger partial charge in [0.25, 0.3) is 11.8 Å². The molecule has 5 aliphatic rings. The number of hydrogen-bond acceptors (Lipinski definition) is 6. The molecule has 218 valence electrons. The summed E-state index contributed by atoms with van der Waals surface area (Å²) in [6.45, 7) is 8.32. The number of amides is 3. The number of likely N-dealkylation sites (N-methyl/N-ethyl adjacent to an activating group) is 1. The second kappa shape index (κ2) is 8.89. The zero-order valence-corrected chi connectivity index (χ0v) is 24.3. The summed E-state index contributed by atoms with van der Waals surface area (Å²) in [5.41, 5.74) is 2.78. The topological polar surface area (TPSA) is 118 Å². The van der Waals surface area contributed by atoms with E-state index < -0.39 is 41.5 Å². The van der Waals surface area contributed by atoms with Crippen LogP contribution in [0.25, 0.3) is 16.5 Å². The number of fused-ring (bicyclic) bond motifs is 5. The van der Waals surface area contributed by atoms with Crippen molar-refractivity contribution in [1.29, 1.82) is 0 Å². The van der Waals surface area contributed by atoms with Gasteiger partial charge in [-0.1, -0.05) is 45.9 Å². The Morgan fingerprint density at radius 3 is 2.73 bits per heavy atom. The lowest BCUT2D eigenvalue weighted by molar-refractivity contribution is -0.323. The molecular weight excluding hydrogens is 522 g/mol. The second-order valence-corrected chi connectivity index (χ2v) is 13.1. The zero-order chi connectivity index (χ0) is 29.0. The van der Waals surface area contributed by atoms with Gasteiger partial charge < -0.3 is 20.3 Å². The third kappa shape index (κ3) is 3.50. The summed E-state index contributed by atoms with van der Waals surface area (Å²) in [5, 5.41) is 16.2. The summed E-state index contributed by atoms with van der Waals surface area (Å²) in [6, 6.07) is 4.80. The van der Waals surface area contributed by atoms with E-state index in [1.54, 1.807) is 18.7 Å². The molecule has 10 heteroatoms. The normalized spacial score (nSPS) is 34.8. The molecule has 10 nitrogen and oxygen atoms in total. The number of aromatic nitrogens is 1. The van der Waals surface area contributed by atoms with Gasteiger partial charge in [0.15, 0.2) is 0 Å². The van der Waals surface area contributed by atoms with Crippen molar-refractivity contribution in [2.24, 2.45) is 17.8 Å². The Hall–Kier alpha value is -3.21. The van der Waals surface area contributed by atoms with E-state index in [0.29, 0.717) is 25.9 Å². The second-order valence-electron chi connectivity index (χ2n) is 13.1. The summed E-state index contributed by atoms with van der Waals surface area (Å²) in [5.74, 6) is -4.36. The lowest BCUT2D eigenvalue weighted by Gasteiger charge is -2.49. The van der Waals surface area contributed by atoms with Gasteiger partial charge in [-0.05, 0) is 55.0 Å². The number of carbonyl (C=O) groups is 3. The van der Waals surface area contributed by atoms with Crippen molar-refractivity contribution in [3.63, 3.8) is 0 Å². The number of aromatic amines is 1. The van der Waals surface area contributed by atoms with Crippen molar-refractivity contribution in [2.45, 2.75) is 76.7 Å². The molecule has 6 atom stereocenters. The molecule has 0 spiro atoms. The summed E-state index contributed by atoms with van der Waals surface area (Å²) in [6.07, 6.45) is 6.21. The molecular formula is C31H39N5O5. The summed E-state index contributed by atoms with van der Waals surface area (Å²) in [7, 11) is 2.03. The summed E-state index contributed by atoms with van der Waals surface area (Å²) < 4.78 is 6.40. The van der Waals surface area contributed by atoms with Crippen LogP contribution in [0.5, 0.6) is 0 Å². The number of carbonyl (C=O) groups excluding carboxylic acids is 3. The van der Waals surface area contributed by atoms with Crippen molar-refractivity contribution in [3.8, 4) is 0 Å². The van der Waals surface area contributed by atoms with Crippen LogP contribution in [0.3, 0.4) is 0 Å². The average Bonchev–Trinajstić information content (AvgIpc) is 3.64. The SMILES string of the molecule is CC(C)[C@H]1C(=O)N2CCC[C@@H]2[C@@]2(O)O[C@@](NC(=O)[C@H]3C=C4c5cccc6[nH]cc(c56)C[C@H]4N(C)C3)(C(C)C)C(=O)N12. The maximum absolute atomic E-state index is 14.3. The minimum atomic E-state index is -2.01. The molecule has 2 aromatic rings. The number of ether oxygens (including phenoxy) is 1. The summed E-state index contributed by atoms with van der Waals surface area (Å²) in [4.78, 5) is 50.4. The maximum atomic E-state index is 14.3. The minimum absolute atomic E-state index is 0.150. The van der Waals surface area contributed by atoms with E-state index in [1.165, 1.54) is 15.8 Å². The zero-order valence-electron chi connectivity index (χ0n) is 24.3. The molecule has 41 heavy (non-hydrogen) atoms. The van der Waals surface area contributed by atoms with Crippen LogP contribution < -0.4 is 5.32 Å². The lowest BCUT2D eigenvalue weighted by Crippen LogP contribution is -2.72. The first kappa shape index (κ1) is 26.7. The van der Waals surface area contributed by atoms with Crippen LogP contribution in [0.15, 0.2) is 30.5 Å². The predicted molar refractivity (Wildman–Crippen MR) is 152 cm³/mol. The Bertz CT molecular complexity index is 1500. The van der Waals surface area contributed by atoms with E-state index in [1.807, 2.05) is 33.0 Å². The van der Waals surface area contributed by atoms with Gasteiger partial charge >= 0.3 is 0 Å². The fourth-order valence-electron chi connectivity index (χ4n) is 7.97. The van der Waals surface area contributed by atoms with Gasteiger partial charge in [0, 0.05) is 42.1 Å². The Morgan fingerprint density at radius 2 is 2.00 bits per heavy atom. The van der Waals surface area contributed by atoms with Gasteiger partial charge in [-0.15, -0.1) is 0 Å². The Kier molecular flexibility index (Phi) is 5.79. The molecule has 1 aromatic heterocycles. The Balaban J connectivity index is 1.25. The van der Waals surface area contributed by atoms with Gasteiger partial charge in [-0.3, -0.25) is 28.9 Å². The number of benzene rings is 1. The fourth-order valence-corrected chi connectivity index (χ4v) is 7.97. The van der Waals surface area contributed by atoms with Gasteiger partial charge in [-0.25, -0.2) is 0 Å². The highest BCUT2D eigenvalue weighted by molar-refractivity contribution is 6.01. The Labute approximate surface area is 239 Å². The molecule has 0 radical (unpaired) electrons. The largest absolute Gasteiger partial charge is 0.361 e. The number of H-pyrrole nitrogens is 1. The van der Waals surface area contributed by atoms with Crippen LogP contribution in [0.4, 0.5) is 0 Å². The van der Waals surface area contributed by atoms with Gasteiger partial charge in [0.2, 0.25) is 17.5 Å². The molecule has 3 amide bonds. The molecule has 5 heterocycles. The molecule has 1 aromatic carbocycles. The lowest BCUT2D eigenvalue weighted by atomic mass is 9.79. The molecule has 1 aliphatic carbocycles. The molecule has 4 aliphatic heterocycles. The highest BCUT2D eigenvalue weighted by Crippen LogP contribution is 2.49. The molecule has 0 saturated carbocycles. The van der Waals surface area contributed by atoms with Crippen molar-refractivity contribution in [1.82, 2.24) is 25.0 Å². The minimum Gasteiger partial charge on any atom is -0.361 e. The van der Waals surface area contributed by atoms with Crippen LogP contribution in [-0.2, 0) is 25.5 Å². The Morgan fingerprint density at radius 1 is 1.22 bits per heavy atom. The molecule has 0 unspecified atom stereocenters. The fraction of sp³-hybridized carbons (Fsp3) is 0.581. The number of aliphatic hydroxyl groups is 1. The summed E-state index contributed by atoms with van der Waals surface area (Å²) >= 11 is 0.